The molecule has 0 bridgehead atoms. The summed E-state index contributed by atoms with van der Waals surface area (Å²) < 4.78 is 28.2. The molecule has 0 aliphatic rings. The molecule has 0 aromatic heterocycles. The average molecular weight is 476 g/mol. The summed E-state index contributed by atoms with van der Waals surface area (Å²) >= 11 is 6.00. The van der Waals surface area contributed by atoms with Crippen LogP contribution in [0.3, 0.4) is 0 Å². The van der Waals surface area contributed by atoms with Crippen molar-refractivity contribution in [3.05, 3.63) is 97.5 Å². The fraction of sp³-hybridized carbons (Fsp3) is 0. The number of non-ortho nitro benzene ring substituents is 2. The molecular formula is C19H14ClN5O6S. The standard InChI is InChI=1S/C19H14ClN5O6S/c20-16-6-1-2-7-17(16)23-32(30,31)19-11-15(25(28)29)8-9-18(19)22-21-12-13-4-3-5-14(10-13)24(26)27/h1-12,22-23H/b21-12-. The van der Waals surface area contributed by atoms with E-state index in [1.165, 1.54) is 42.6 Å². The number of nitro benzene ring substituents is 2. The molecular weight excluding hydrogens is 462 g/mol. The first-order chi connectivity index (χ1) is 15.2. The Labute approximate surface area is 186 Å². The zero-order chi connectivity index (χ0) is 23.3. The van der Waals surface area contributed by atoms with Gasteiger partial charge in [-0.25, -0.2) is 8.42 Å². The molecule has 164 valence electrons. The molecule has 0 heterocycles. The van der Waals surface area contributed by atoms with E-state index < -0.39 is 30.5 Å². The van der Waals surface area contributed by atoms with Crippen molar-refractivity contribution in [2.75, 3.05) is 10.1 Å². The zero-order valence-corrected chi connectivity index (χ0v) is 17.6. The second-order valence-corrected chi connectivity index (χ2v) is 8.30. The SMILES string of the molecule is O=[N+]([O-])c1cccc(/C=N\Nc2ccc([N+](=O)[O-])cc2S(=O)(=O)Nc2ccccc2Cl)c1. The molecule has 0 aliphatic carbocycles. The second-order valence-electron chi connectivity index (χ2n) is 6.25. The van der Waals surface area contributed by atoms with Gasteiger partial charge >= 0.3 is 0 Å². The summed E-state index contributed by atoms with van der Waals surface area (Å²) in [4.78, 5) is 20.3. The van der Waals surface area contributed by atoms with Gasteiger partial charge in [0.15, 0.2) is 0 Å². The van der Waals surface area contributed by atoms with Gasteiger partial charge in [-0.2, -0.15) is 5.10 Å². The number of para-hydroxylation sites is 1. The van der Waals surface area contributed by atoms with Gasteiger partial charge in [-0.3, -0.25) is 30.4 Å². The van der Waals surface area contributed by atoms with Crippen LogP contribution >= 0.6 is 11.6 Å². The lowest BCUT2D eigenvalue weighted by molar-refractivity contribution is -0.385. The van der Waals surface area contributed by atoms with E-state index in [1.807, 2.05) is 0 Å². The first kappa shape index (κ1) is 22.7. The van der Waals surface area contributed by atoms with E-state index in [-0.39, 0.29) is 22.1 Å². The van der Waals surface area contributed by atoms with Crippen molar-refractivity contribution in [2.45, 2.75) is 4.90 Å². The molecule has 0 aliphatic heterocycles. The highest BCUT2D eigenvalue weighted by molar-refractivity contribution is 7.93. The first-order valence-corrected chi connectivity index (χ1v) is 10.6. The number of nitrogens with zero attached hydrogens (tertiary/aromatic N) is 3. The van der Waals surface area contributed by atoms with Gasteiger partial charge in [0.25, 0.3) is 21.4 Å². The number of nitrogens with one attached hydrogen (secondary N) is 2. The Morgan fingerprint density at radius 2 is 1.56 bits per heavy atom. The van der Waals surface area contributed by atoms with E-state index in [2.05, 4.69) is 15.2 Å². The molecule has 0 spiro atoms. The van der Waals surface area contributed by atoms with Gasteiger partial charge < -0.3 is 0 Å². The Bertz CT molecular complexity index is 1330. The molecule has 0 saturated carbocycles. The minimum absolute atomic E-state index is 0.0585. The van der Waals surface area contributed by atoms with E-state index in [9.17, 15) is 28.6 Å². The number of hydrogen-bond donors (Lipinski definition) is 2. The van der Waals surface area contributed by atoms with Crippen molar-refractivity contribution in [3.8, 4) is 0 Å². The topological polar surface area (TPSA) is 157 Å². The maximum atomic E-state index is 12.9. The van der Waals surface area contributed by atoms with Crippen LogP contribution in [0, 0.1) is 20.2 Å². The molecule has 11 nitrogen and oxygen atoms in total. The molecule has 0 atom stereocenters. The van der Waals surface area contributed by atoms with Crippen molar-refractivity contribution in [1.29, 1.82) is 0 Å². The fourth-order valence-corrected chi connectivity index (χ4v) is 4.07. The Morgan fingerprint density at radius 1 is 0.875 bits per heavy atom. The number of benzene rings is 3. The maximum absolute atomic E-state index is 12.9. The van der Waals surface area contributed by atoms with E-state index >= 15 is 0 Å². The Balaban J connectivity index is 1.94. The van der Waals surface area contributed by atoms with Crippen LogP contribution in [-0.4, -0.2) is 24.5 Å². The van der Waals surface area contributed by atoms with Gasteiger partial charge in [0.1, 0.15) is 4.90 Å². The lowest BCUT2D eigenvalue weighted by Crippen LogP contribution is -2.15. The van der Waals surface area contributed by atoms with Crippen molar-refractivity contribution in [1.82, 2.24) is 0 Å². The van der Waals surface area contributed by atoms with Gasteiger partial charge in [0.2, 0.25) is 0 Å². The number of hydrazone groups is 1. The molecule has 2 N–H and O–H groups in total. The summed E-state index contributed by atoms with van der Waals surface area (Å²) in [6, 6.07) is 14.9. The van der Waals surface area contributed by atoms with Crippen LogP contribution in [0.2, 0.25) is 5.02 Å². The largest absolute Gasteiger partial charge is 0.278 e. The van der Waals surface area contributed by atoms with E-state index in [0.29, 0.717) is 5.56 Å². The number of halogens is 1. The Kier molecular flexibility index (Phi) is 6.66. The number of rotatable bonds is 8. The third kappa shape index (κ3) is 5.36. The molecule has 32 heavy (non-hydrogen) atoms. The quantitative estimate of drug-likeness (QED) is 0.277. The molecule has 0 unspecified atom stereocenters. The molecule has 3 aromatic rings. The monoisotopic (exact) mass is 475 g/mol. The third-order valence-electron chi connectivity index (χ3n) is 4.06. The van der Waals surface area contributed by atoms with E-state index in [1.54, 1.807) is 18.2 Å². The van der Waals surface area contributed by atoms with Crippen LogP contribution in [0.25, 0.3) is 0 Å². The van der Waals surface area contributed by atoms with Crippen molar-refractivity contribution in [2.24, 2.45) is 5.10 Å². The average Bonchev–Trinajstić information content (AvgIpc) is 2.75. The van der Waals surface area contributed by atoms with Crippen molar-refractivity contribution < 1.29 is 18.3 Å². The number of nitro groups is 2. The van der Waals surface area contributed by atoms with Crippen molar-refractivity contribution >= 4 is 50.6 Å². The lowest BCUT2D eigenvalue weighted by Gasteiger charge is -2.12. The number of hydrogen-bond acceptors (Lipinski definition) is 8. The molecule has 0 radical (unpaired) electrons. The highest BCUT2D eigenvalue weighted by Gasteiger charge is 2.23. The van der Waals surface area contributed by atoms with Crippen LogP contribution < -0.4 is 10.1 Å². The summed E-state index contributed by atoms with van der Waals surface area (Å²) in [5.74, 6) is 0. The highest BCUT2D eigenvalue weighted by atomic mass is 35.5. The van der Waals surface area contributed by atoms with E-state index in [0.717, 1.165) is 12.1 Å². The summed E-state index contributed by atoms with van der Waals surface area (Å²) in [5.41, 5.74) is 2.33. The highest BCUT2D eigenvalue weighted by Crippen LogP contribution is 2.30. The van der Waals surface area contributed by atoms with Crippen LogP contribution in [0.5, 0.6) is 0 Å². The van der Waals surface area contributed by atoms with E-state index in [4.69, 9.17) is 11.6 Å². The smallest absolute Gasteiger partial charge is 0.270 e. The predicted octanol–water partition coefficient (Wildman–Crippen LogP) is 4.40. The number of anilines is 2. The summed E-state index contributed by atoms with van der Waals surface area (Å²) in [5, 5.41) is 26.1. The first-order valence-electron chi connectivity index (χ1n) is 8.77. The van der Waals surface area contributed by atoms with Crippen LogP contribution in [0.15, 0.2) is 76.7 Å². The fourth-order valence-electron chi connectivity index (χ4n) is 2.58. The molecule has 3 aromatic carbocycles. The minimum Gasteiger partial charge on any atom is -0.278 e. The molecule has 3 rings (SSSR count). The van der Waals surface area contributed by atoms with Gasteiger partial charge in [-0.05, 0) is 18.2 Å². The van der Waals surface area contributed by atoms with Crippen LogP contribution in [0.1, 0.15) is 5.56 Å². The molecule has 0 saturated heterocycles. The second kappa shape index (κ2) is 9.41. The minimum atomic E-state index is -4.30. The zero-order valence-electron chi connectivity index (χ0n) is 16.0. The lowest BCUT2D eigenvalue weighted by atomic mass is 10.2. The van der Waals surface area contributed by atoms with Gasteiger partial charge in [0.05, 0.1) is 32.5 Å². The third-order valence-corrected chi connectivity index (χ3v) is 5.80. The maximum Gasteiger partial charge on any atom is 0.270 e. The Hall–Kier alpha value is -4.03. The number of sulfonamides is 1. The normalized spacial score (nSPS) is 11.3. The summed E-state index contributed by atoms with van der Waals surface area (Å²) in [6.45, 7) is 0. The van der Waals surface area contributed by atoms with Crippen LogP contribution in [0.4, 0.5) is 22.7 Å². The van der Waals surface area contributed by atoms with Crippen LogP contribution in [-0.2, 0) is 10.0 Å². The van der Waals surface area contributed by atoms with Gasteiger partial charge in [-0.1, -0.05) is 35.9 Å². The molecule has 0 amide bonds. The predicted molar refractivity (Wildman–Crippen MR) is 120 cm³/mol. The summed E-state index contributed by atoms with van der Waals surface area (Å²) in [7, 11) is -4.30. The summed E-state index contributed by atoms with van der Waals surface area (Å²) in [6.07, 6.45) is 1.24. The molecule has 0 fully saturated rings. The Morgan fingerprint density at radius 3 is 2.25 bits per heavy atom. The van der Waals surface area contributed by atoms with Gasteiger partial charge in [0, 0.05) is 29.8 Å². The molecule has 13 heteroatoms. The van der Waals surface area contributed by atoms with Crippen molar-refractivity contribution in [3.63, 3.8) is 0 Å². The van der Waals surface area contributed by atoms with Gasteiger partial charge in [-0.15, -0.1) is 0 Å².